The number of rotatable bonds is 5. The molecule has 0 bridgehead atoms. The molecule has 1 fully saturated rings. The lowest BCUT2D eigenvalue weighted by Gasteiger charge is -2.11. The zero-order valence-corrected chi connectivity index (χ0v) is 16.3. The van der Waals surface area contributed by atoms with Gasteiger partial charge in [-0.2, -0.15) is 5.10 Å². The summed E-state index contributed by atoms with van der Waals surface area (Å²) >= 11 is 12.1. The molecule has 1 heterocycles. The summed E-state index contributed by atoms with van der Waals surface area (Å²) in [6.45, 7) is 1.71. The predicted octanol–water partition coefficient (Wildman–Crippen LogP) is 3.35. The van der Waals surface area contributed by atoms with E-state index in [1.165, 1.54) is 12.1 Å². The summed E-state index contributed by atoms with van der Waals surface area (Å²) in [5.41, 5.74) is 10.5. The Bertz CT molecular complexity index is 933. The first-order valence-corrected chi connectivity index (χ1v) is 9.15. The molecule has 3 N–H and O–H groups in total. The van der Waals surface area contributed by atoms with Crippen LogP contribution in [-0.4, -0.2) is 22.6 Å². The highest BCUT2D eigenvalue weighted by atomic mass is 35.5. The van der Waals surface area contributed by atoms with Gasteiger partial charge < -0.3 is 0 Å². The number of carbonyl (C=O) groups is 1. The van der Waals surface area contributed by atoms with Gasteiger partial charge in [-0.25, -0.2) is 16.3 Å². The van der Waals surface area contributed by atoms with Crippen molar-refractivity contribution in [3.8, 4) is 0 Å². The highest BCUT2D eigenvalue weighted by Gasteiger charge is 2.31. The number of non-ortho nitro benzene ring substituents is 1. The highest BCUT2D eigenvalue weighted by Crippen LogP contribution is 2.30. The largest absolute Gasteiger partial charge is 0.271 e. The van der Waals surface area contributed by atoms with Crippen LogP contribution in [0.1, 0.15) is 30.5 Å². The van der Waals surface area contributed by atoms with E-state index < -0.39 is 11.0 Å². The zero-order chi connectivity index (χ0) is 20.3. The van der Waals surface area contributed by atoms with E-state index in [-0.39, 0.29) is 17.6 Å². The van der Waals surface area contributed by atoms with Crippen molar-refractivity contribution in [2.75, 3.05) is 0 Å². The average Bonchev–Trinajstić information content (AvgIpc) is 3.15. The topological polar surface area (TPSA) is 109 Å². The Balaban J connectivity index is 1.60. The van der Waals surface area contributed by atoms with Crippen LogP contribution in [-0.2, 0) is 4.79 Å². The lowest BCUT2D eigenvalue weighted by Crippen LogP contribution is -2.41. The smallest absolute Gasteiger partial charge is 0.269 e. The summed E-state index contributed by atoms with van der Waals surface area (Å²) in [7, 11) is 0. The Kier molecular flexibility index (Phi) is 6.25. The van der Waals surface area contributed by atoms with Gasteiger partial charge in [-0.15, -0.1) is 0 Å². The third-order valence-electron chi connectivity index (χ3n) is 4.39. The molecule has 146 valence electrons. The lowest BCUT2D eigenvalue weighted by molar-refractivity contribution is -0.384. The van der Waals surface area contributed by atoms with Crippen LogP contribution in [0.4, 0.5) is 5.69 Å². The van der Waals surface area contributed by atoms with E-state index in [4.69, 9.17) is 23.2 Å². The second-order valence-electron chi connectivity index (χ2n) is 6.27. The molecule has 1 aliphatic heterocycles. The van der Waals surface area contributed by atoms with Crippen molar-refractivity contribution in [2.24, 2.45) is 5.10 Å². The van der Waals surface area contributed by atoms with Gasteiger partial charge in [-0.3, -0.25) is 14.9 Å². The maximum Gasteiger partial charge on any atom is 0.269 e. The van der Waals surface area contributed by atoms with Crippen molar-refractivity contribution in [3.63, 3.8) is 0 Å². The maximum absolute atomic E-state index is 12.4. The van der Waals surface area contributed by atoms with E-state index in [2.05, 4.69) is 21.4 Å². The number of hydrazone groups is 1. The van der Waals surface area contributed by atoms with E-state index in [0.717, 1.165) is 5.56 Å². The Morgan fingerprint density at radius 1 is 1.21 bits per heavy atom. The number of halogens is 2. The fourth-order valence-electron chi connectivity index (χ4n) is 2.82. The quantitative estimate of drug-likeness (QED) is 0.389. The molecule has 28 heavy (non-hydrogen) atoms. The highest BCUT2D eigenvalue weighted by molar-refractivity contribution is 6.35. The van der Waals surface area contributed by atoms with E-state index >= 15 is 0 Å². The molecule has 0 aliphatic carbocycles. The van der Waals surface area contributed by atoms with Crippen molar-refractivity contribution in [3.05, 3.63) is 73.8 Å². The third kappa shape index (κ3) is 4.66. The summed E-state index contributed by atoms with van der Waals surface area (Å²) in [6, 6.07) is 10.5. The minimum absolute atomic E-state index is 0.00582. The fourth-order valence-corrected chi connectivity index (χ4v) is 3.36. The van der Waals surface area contributed by atoms with Gasteiger partial charge in [0.05, 0.1) is 10.6 Å². The molecule has 3 rings (SSSR count). The molecule has 0 saturated carbocycles. The standard InChI is InChI=1S/C18H17Cl2N5O3/c1-10(11-2-5-13(6-3-11)25(27)28)21-24-18(26)17-9-16(22-23-17)14-7-4-12(19)8-15(14)20/h2-8,16-17,22-23H,9H2,1H3,(H,24,26)/b21-10-. The molecule has 8 nitrogen and oxygen atoms in total. The van der Waals surface area contributed by atoms with E-state index in [9.17, 15) is 14.9 Å². The molecule has 10 heteroatoms. The van der Waals surface area contributed by atoms with Gasteiger partial charge in [0.25, 0.3) is 11.6 Å². The van der Waals surface area contributed by atoms with Gasteiger partial charge in [-0.05, 0) is 48.7 Å². The lowest BCUT2D eigenvalue weighted by atomic mass is 10.0. The summed E-state index contributed by atoms with van der Waals surface area (Å²) in [5, 5.41) is 15.9. The minimum Gasteiger partial charge on any atom is -0.271 e. The van der Waals surface area contributed by atoms with Gasteiger partial charge in [0.1, 0.15) is 6.04 Å². The van der Waals surface area contributed by atoms with Gasteiger partial charge in [0, 0.05) is 28.2 Å². The number of carbonyl (C=O) groups excluding carboxylic acids is 1. The number of amides is 1. The first-order chi connectivity index (χ1) is 13.3. The molecule has 2 aromatic carbocycles. The second kappa shape index (κ2) is 8.66. The number of nitro groups is 1. The van der Waals surface area contributed by atoms with Crippen LogP contribution in [0.15, 0.2) is 47.6 Å². The van der Waals surface area contributed by atoms with Gasteiger partial charge in [-0.1, -0.05) is 29.3 Å². The van der Waals surface area contributed by atoms with Crippen molar-refractivity contribution < 1.29 is 9.72 Å². The molecule has 0 aromatic heterocycles. The maximum atomic E-state index is 12.4. The zero-order valence-electron chi connectivity index (χ0n) is 14.8. The molecule has 2 atom stereocenters. The Morgan fingerprint density at radius 3 is 2.57 bits per heavy atom. The number of nitrogens with one attached hydrogen (secondary N) is 3. The molecular weight excluding hydrogens is 405 g/mol. The predicted molar refractivity (Wildman–Crippen MR) is 107 cm³/mol. The summed E-state index contributed by atoms with van der Waals surface area (Å²) < 4.78 is 0. The molecule has 1 amide bonds. The second-order valence-corrected chi connectivity index (χ2v) is 7.12. The van der Waals surface area contributed by atoms with Crippen LogP contribution in [0, 0.1) is 10.1 Å². The number of hydrogen-bond acceptors (Lipinski definition) is 6. The minimum atomic E-state index is -0.495. The number of nitrogens with zero attached hydrogens (tertiary/aromatic N) is 2. The van der Waals surface area contributed by atoms with Crippen LogP contribution in [0.25, 0.3) is 0 Å². The van der Waals surface area contributed by atoms with Gasteiger partial charge in [0.15, 0.2) is 0 Å². The Morgan fingerprint density at radius 2 is 1.93 bits per heavy atom. The number of hydrazine groups is 1. The SMILES string of the molecule is C/C(=N/NC(=O)C1CC(c2ccc(Cl)cc2Cl)NN1)c1ccc([N+](=O)[O-])cc1. The fraction of sp³-hybridized carbons (Fsp3) is 0.222. The van der Waals surface area contributed by atoms with Crippen LogP contribution >= 0.6 is 23.2 Å². The van der Waals surface area contributed by atoms with E-state index in [0.29, 0.717) is 27.7 Å². The number of nitro benzene ring substituents is 1. The van der Waals surface area contributed by atoms with Gasteiger partial charge >= 0.3 is 0 Å². The summed E-state index contributed by atoms with van der Waals surface area (Å²) in [6.07, 6.45) is 0.485. The van der Waals surface area contributed by atoms with Crippen molar-refractivity contribution >= 4 is 40.5 Å². The van der Waals surface area contributed by atoms with Crippen molar-refractivity contribution in [1.29, 1.82) is 0 Å². The molecule has 1 aliphatic rings. The molecule has 2 aromatic rings. The van der Waals surface area contributed by atoms with Crippen molar-refractivity contribution in [1.82, 2.24) is 16.3 Å². The van der Waals surface area contributed by atoms with Crippen LogP contribution < -0.4 is 16.3 Å². The Hall–Kier alpha value is -2.52. The first-order valence-electron chi connectivity index (χ1n) is 8.40. The molecule has 1 saturated heterocycles. The van der Waals surface area contributed by atoms with E-state index in [1.54, 1.807) is 31.2 Å². The van der Waals surface area contributed by atoms with Gasteiger partial charge in [0.2, 0.25) is 0 Å². The summed E-state index contributed by atoms with van der Waals surface area (Å²) in [5.74, 6) is -0.304. The van der Waals surface area contributed by atoms with Crippen molar-refractivity contribution in [2.45, 2.75) is 25.4 Å². The number of benzene rings is 2. The third-order valence-corrected chi connectivity index (χ3v) is 4.95. The molecule has 0 radical (unpaired) electrons. The Labute approximate surface area is 171 Å². The first kappa shape index (κ1) is 20.2. The molecule has 0 spiro atoms. The number of hydrogen-bond donors (Lipinski definition) is 3. The summed E-state index contributed by atoms with van der Waals surface area (Å²) in [4.78, 5) is 22.6. The molecule has 2 unspecified atom stereocenters. The average molecular weight is 422 g/mol. The van der Waals surface area contributed by atoms with Crippen LogP contribution in [0.5, 0.6) is 0 Å². The monoisotopic (exact) mass is 421 g/mol. The molecular formula is C18H17Cl2N5O3. The van der Waals surface area contributed by atoms with Crippen LogP contribution in [0.3, 0.4) is 0 Å². The van der Waals surface area contributed by atoms with Crippen LogP contribution in [0.2, 0.25) is 10.0 Å². The normalized spacial score (nSPS) is 19.5. The van der Waals surface area contributed by atoms with E-state index in [1.807, 2.05) is 6.07 Å².